The number of aromatic nitrogens is 1. The van der Waals surface area contributed by atoms with Crippen molar-refractivity contribution in [3.8, 4) is 0 Å². The number of carbonyl (C=O) groups excluding carboxylic acids is 1. The van der Waals surface area contributed by atoms with Gasteiger partial charge in [-0.1, -0.05) is 36.4 Å². The van der Waals surface area contributed by atoms with Crippen LogP contribution in [0.15, 0.2) is 72.9 Å². The van der Waals surface area contributed by atoms with Crippen LogP contribution in [0.5, 0.6) is 0 Å². The third-order valence-corrected chi connectivity index (χ3v) is 4.02. The molecule has 0 unspecified atom stereocenters. The summed E-state index contributed by atoms with van der Waals surface area (Å²) in [7, 11) is 0. The lowest BCUT2D eigenvalue weighted by Gasteiger charge is -2.20. The lowest BCUT2D eigenvalue weighted by molar-refractivity contribution is -0.384. The van der Waals surface area contributed by atoms with Crippen LogP contribution in [0.4, 0.5) is 11.4 Å². The van der Waals surface area contributed by atoms with Gasteiger partial charge >= 0.3 is 0 Å². The van der Waals surface area contributed by atoms with Crippen LogP contribution in [-0.2, 0) is 0 Å². The fourth-order valence-corrected chi connectivity index (χ4v) is 2.70. The van der Waals surface area contributed by atoms with Gasteiger partial charge in [-0.05, 0) is 36.8 Å². The summed E-state index contributed by atoms with van der Waals surface area (Å²) in [6.07, 6.45) is 1.68. The van der Waals surface area contributed by atoms with Crippen molar-refractivity contribution in [3.63, 3.8) is 0 Å². The van der Waals surface area contributed by atoms with Gasteiger partial charge in [-0.15, -0.1) is 0 Å². The molecule has 0 aliphatic rings. The number of carbonyl (C=O) groups is 1. The zero-order chi connectivity index (χ0) is 18.5. The minimum Gasteiger partial charge on any atom is -0.367 e. The molecule has 0 amide bonds. The highest BCUT2D eigenvalue weighted by atomic mass is 16.6. The van der Waals surface area contributed by atoms with Gasteiger partial charge in [0.2, 0.25) is 0 Å². The van der Waals surface area contributed by atoms with Crippen molar-refractivity contribution in [2.45, 2.75) is 13.0 Å². The van der Waals surface area contributed by atoms with E-state index in [2.05, 4.69) is 10.3 Å². The molecule has 0 saturated heterocycles. The molecule has 0 saturated carbocycles. The van der Waals surface area contributed by atoms with Crippen LogP contribution in [-0.4, -0.2) is 15.7 Å². The molecule has 0 bridgehead atoms. The number of benzene rings is 2. The van der Waals surface area contributed by atoms with E-state index in [0.717, 1.165) is 11.3 Å². The predicted molar refractivity (Wildman–Crippen MR) is 99.2 cm³/mol. The third-order valence-electron chi connectivity index (χ3n) is 4.02. The number of hydrogen-bond donors (Lipinski definition) is 1. The molecule has 1 N–H and O–H groups in total. The van der Waals surface area contributed by atoms with Crippen LogP contribution in [0, 0.1) is 10.1 Å². The summed E-state index contributed by atoms with van der Waals surface area (Å²) in [6.45, 7) is 1.38. The molecule has 130 valence electrons. The second kappa shape index (κ2) is 7.57. The molecule has 2 aromatic carbocycles. The number of nitrogens with one attached hydrogen (secondary N) is 1. The SMILES string of the molecule is CC(=O)c1ccc(N[C@@H](c2ccccc2)c2ccccn2)c([N+](=O)[O-])c1. The molecule has 0 aliphatic heterocycles. The van der Waals surface area contributed by atoms with E-state index in [4.69, 9.17) is 0 Å². The van der Waals surface area contributed by atoms with Crippen molar-refractivity contribution >= 4 is 17.2 Å². The van der Waals surface area contributed by atoms with Crippen LogP contribution in [0.3, 0.4) is 0 Å². The Balaban J connectivity index is 2.05. The normalized spacial score (nSPS) is 11.6. The van der Waals surface area contributed by atoms with Crippen molar-refractivity contribution in [2.75, 3.05) is 5.32 Å². The first-order valence-corrected chi connectivity index (χ1v) is 8.08. The van der Waals surface area contributed by atoms with Crippen LogP contribution < -0.4 is 5.32 Å². The number of nitro benzene ring substituents is 1. The number of nitrogens with zero attached hydrogens (tertiary/aromatic N) is 2. The smallest absolute Gasteiger partial charge is 0.293 e. The number of anilines is 1. The Morgan fingerprint density at radius 2 is 1.81 bits per heavy atom. The highest BCUT2D eigenvalue weighted by molar-refractivity contribution is 5.95. The maximum atomic E-state index is 11.5. The Morgan fingerprint density at radius 1 is 1.08 bits per heavy atom. The van der Waals surface area contributed by atoms with Crippen molar-refractivity contribution in [1.29, 1.82) is 0 Å². The summed E-state index contributed by atoms with van der Waals surface area (Å²) in [5.41, 5.74) is 2.16. The van der Waals surface area contributed by atoms with E-state index < -0.39 is 4.92 Å². The van der Waals surface area contributed by atoms with Crippen LogP contribution in [0.2, 0.25) is 0 Å². The number of Topliss-reactive ketones (excluding diaryl/α,β-unsaturated/α-hetero) is 1. The largest absolute Gasteiger partial charge is 0.367 e. The Hall–Kier alpha value is -3.54. The fourth-order valence-electron chi connectivity index (χ4n) is 2.70. The number of hydrogen-bond acceptors (Lipinski definition) is 5. The van der Waals surface area contributed by atoms with Gasteiger partial charge in [-0.3, -0.25) is 19.9 Å². The maximum Gasteiger partial charge on any atom is 0.293 e. The van der Waals surface area contributed by atoms with Gasteiger partial charge in [-0.25, -0.2) is 0 Å². The van der Waals surface area contributed by atoms with Crippen molar-refractivity contribution in [2.24, 2.45) is 0 Å². The van der Waals surface area contributed by atoms with Gasteiger partial charge in [0.1, 0.15) is 5.69 Å². The van der Waals surface area contributed by atoms with E-state index in [-0.39, 0.29) is 17.5 Å². The molecule has 1 aromatic heterocycles. The van der Waals surface area contributed by atoms with E-state index in [1.165, 1.54) is 13.0 Å². The molecule has 1 atom stereocenters. The molecule has 0 spiro atoms. The molecular formula is C20H17N3O3. The minimum atomic E-state index is -0.491. The lowest BCUT2D eigenvalue weighted by atomic mass is 10.0. The van der Waals surface area contributed by atoms with E-state index in [1.54, 1.807) is 18.3 Å². The molecule has 0 fully saturated rings. The van der Waals surface area contributed by atoms with Crippen molar-refractivity contribution in [1.82, 2.24) is 4.98 Å². The zero-order valence-electron chi connectivity index (χ0n) is 14.1. The highest BCUT2D eigenvalue weighted by Gasteiger charge is 2.21. The molecular weight excluding hydrogens is 330 g/mol. The molecule has 3 aromatic rings. The van der Waals surface area contributed by atoms with Gasteiger partial charge in [0.15, 0.2) is 5.78 Å². The Bertz CT molecular complexity index is 888. The van der Waals surface area contributed by atoms with Crippen LogP contribution in [0.25, 0.3) is 0 Å². The van der Waals surface area contributed by atoms with Gasteiger partial charge in [0.25, 0.3) is 5.69 Å². The summed E-state index contributed by atoms with van der Waals surface area (Å²) >= 11 is 0. The molecule has 26 heavy (non-hydrogen) atoms. The first kappa shape index (κ1) is 17.3. The van der Waals surface area contributed by atoms with Gasteiger partial charge in [0.05, 0.1) is 16.7 Å². The minimum absolute atomic E-state index is 0.144. The van der Waals surface area contributed by atoms with E-state index in [0.29, 0.717) is 11.3 Å². The average Bonchev–Trinajstić information content (AvgIpc) is 2.67. The summed E-state index contributed by atoms with van der Waals surface area (Å²) < 4.78 is 0. The molecule has 1 heterocycles. The summed E-state index contributed by atoms with van der Waals surface area (Å²) in [6, 6.07) is 19.2. The molecule has 0 radical (unpaired) electrons. The van der Waals surface area contributed by atoms with Gasteiger partial charge in [-0.2, -0.15) is 0 Å². The van der Waals surface area contributed by atoms with Crippen molar-refractivity contribution < 1.29 is 9.72 Å². The van der Waals surface area contributed by atoms with Crippen LogP contribution >= 0.6 is 0 Å². The van der Waals surface area contributed by atoms with Gasteiger partial charge < -0.3 is 5.32 Å². The molecule has 6 nitrogen and oxygen atoms in total. The summed E-state index contributed by atoms with van der Waals surface area (Å²) in [5, 5.41) is 14.7. The molecule has 6 heteroatoms. The monoisotopic (exact) mass is 347 g/mol. The Labute approximate surface area is 150 Å². The standard InChI is InChI=1S/C20H17N3O3/c1-14(24)16-10-11-17(19(13-16)23(25)26)22-20(15-7-3-2-4-8-15)18-9-5-6-12-21-18/h2-13,20,22H,1H3/t20-/m0/s1. The predicted octanol–water partition coefficient (Wildman–Crippen LogP) is 4.39. The number of pyridine rings is 1. The second-order valence-corrected chi connectivity index (χ2v) is 5.79. The average molecular weight is 347 g/mol. The van der Waals surface area contributed by atoms with E-state index in [9.17, 15) is 14.9 Å². The zero-order valence-corrected chi connectivity index (χ0v) is 14.1. The first-order valence-electron chi connectivity index (χ1n) is 8.08. The molecule has 0 aliphatic carbocycles. The third kappa shape index (κ3) is 3.75. The summed E-state index contributed by atoms with van der Waals surface area (Å²) in [5.74, 6) is -0.219. The number of ketones is 1. The lowest BCUT2D eigenvalue weighted by Crippen LogP contribution is -2.15. The molecule has 3 rings (SSSR count). The van der Waals surface area contributed by atoms with E-state index in [1.807, 2.05) is 48.5 Å². The summed E-state index contributed by atoms with van der Waals surface area (Å²) in [4.78, 5) is 26.9. The number of nitro groups is 1. The van der Waals surface area contributed by atoms with Crippen molar-refractivity contribution in [3.05, 3.63) is 99.9 Å². The fraction of sp³-hybridized carbons (Fsp3) is 0.100. The number of rotatable bonds is 6. The highest BCUT2D eigenvalue weighted by Crippen LogP contribution is 2.32. The maximum absolute atomic E-state index is 11.5. The quantitative estimate of drug-likeness (QED) is 0.406. The van der Waals surface area contributed by atoms with E-state index >= 15 is 0 Å². The topological polar surface area (TPSA) is 85.1 Å². The Kier molecular flexibility index (Phi) is 5.03. The van der Waals surface area contributed by atoms with Crippen LogP contribution in [0.1, 0.15) is 34.6 Å². The second-order valence-electron chi connectivity index (χ2n) is 5.79. The first-order chi connectivity index (χ1) is 12.6. The van der Waals surface area contributed by atoms with Gasteiger partial charge in [0, 0.05) is 17.8 Å². The Morgan fingerprint density at radius 3 is 2.42 bits per heavy atom.